The van der Waals surface area contributed by atoms with Crippen LogP contribution in [0.4, 0.5) is 0 Å². The van der Waals surface area contributed by atoms with E-state index in [4.69, 9.17) is 10.8 Å². The maximum Gasteiger partial charge on any atom is 0.306 e. The predicted molar refractivity (Wildman–Crippen MR) is 97.3 cm³/mol. The Morgan fingerprint density at radius 2 is 1.44 bits per heavy atom. The minimum absolute atomic E-state index is 0.00156. The number of carboxylic acid groups (broad SMARTS) is 1. The molecule has 144 valence electrons. The number of carboxylic acids is 1. The van der Waals surface area contributed by atoms with E-state index >= 15 is 0 Å². The summed E-state index contributed by atoms with van der Waals surface area (Å²) in [6.07, 6.45) is 4.70. The molecule has 7 nitrogen and oxygen atoms in total. The van der Waals surface area contributed by atoms with Crippen LogP contribution in [0.2, 0.25) is 0 Å². The third-order valence-electron chi connectivity index (χ3n) is 5.54. The van der Waals surface area contributed by atoms with Crippen molar-refractivity contribution in [3.05, 3.63) is 0 Å². The number of hydrogen-bond acceptors (Lipinski definition) is 5. The Bertz CT molecular complexity index is 417. The van der Waals surface area contributed by atoms with E-state index in [2.05, 4.69) is 15.1 Å². The molecule has 25 heavy (non-hydrogen) atoms. The lowest BCUT2D eigenvalue weighted by Crippen LogP contribution is -2.47. The molecular formula is C18H34N4O3. The molecule has 7 heteroatoms. The largest absolute Gasteiger partial charge is 0.481 e. The lowest BCUT2D eigenvalue weighted by atomic mass is 9.81. The van der Waals surface area contributed by atoms with Crippen LogP contribution in [0.3, 0.4) is 0 Å². The van der Waals surface area contributed by atoms with Crippen molar-refractivity contribution in [1.29, 1.82) is 0 Å². The minimum atomic E-state index is -0.720. The Morgan fingerprint density at radius 3 is 1.96 bits per heavy atom. The summed E-state index contributed by atoms with van der Waals surface area (Å²) in [6, 6.07) is 0. The normalized spacial score (nSPS) is 25.6. The van der Waals surface area contributed by atoms with Gasteiger partial charge in [0.2, 0.25) is 5.91 Å². The molecule has 0 aromatic heterocycles. The molecule has 4 N–H and O–H groups in total. The predicted octanol–water partition coefficient (Wildman–Crippen LogP) is 0.350. The molecule has 2 rings (SSSR count). The van der Waals surface area contributed by atoms with Gasteiger partial charge in [0.1, 0.15) is 0 Å². The van der Waals surface area contributed by atoms with Gasteiger partial charge in [0, 0.05) is 38.6 Å². The van der Waals surface area contributed by atoms with Crippen molar-refractivity contribution in [3.8, 4) is 0 Å². The quantitative estimate of drug-likeness (QED) is 0.517. The van der Waals surface area contributed by atoms with E-state index in [1.165, 1.54) is 0 Å². The zero-order valence-electron chi connectivity index (χ0n) is 15.3. The second-order valence-electron chi connectivity index (χ2n) is 7.36. The summed E-state index contributed by atoms with van der Waals surface area (Å²) in [4.78, 5) is 28.1. The molecule has 2 fully saturated rings. The molecule has 1 saturated heterocycles. The number of amides is 1. The molecule has 0 unspecified atom stereocenters. The highest BCUT2D eigenvalue weighted by Crippen LogP contribution is 2.28. The Balaban J connectivity index is 1.52. The van der Waals surface area contributed by atoms with Gasteiger partial charge in [-0.1, -0.05) is 0 Å². The number of hydrogen-bond donors (Lipinski definition) is 3. The van der Waals surface area contributed by atoms with Crippen LogP contribution in [-0.4, -0.2) is 79.1 Å². The fraction of sp³-hybridized carbons (Fsp3) is 0.889. The third-order valence-corrected chi connectivity index (χ3v) is 5.54. The van der Waals surface area contributed by atoms with Gasteiger partial charge in [-0.3, -0.25) is 9.59 Å². The number of nitrogens with one attached hydrogen (secondary N) is 1. The highest BCUT2D eigenvalue weighted by molar-refractivity contribution is 5.79. The number of nitrogens with zero attached hydrogens (tertiary/aromatic N) is 2. The number of aliphatic carboxylic acids is 1. The lowest BCUT2D eigenvalue weighted by Gasteiger charge is -2.34. The Hall–Kier alpha value is -1.18. The van der Waals surface area contributed by atoms with Crippen molar-refractivity contribution in [1.82, 2.24) is 15.1 Å². The maximum absolute atomic E-state index is 12.2. The second kappa shape index (κ2) is 10.7. The molecule has 1 aliphatic carbocycles. The molecule has 0 aromatic carbocycles. The number of rotatable bonds is 9. The molecule has 0 radical (unpaired) electrons. The van der Waals surface area contributed by atoms with Gasteiger partial charge in [0.15, 0.2) is 0 Å². The van der Waals surface area contributed by atoms with Crippen molar-refractivity contribution in [3.63, 3.8) is 0 Å². The van der Waals surface area contributed by atoms with E-state index in [0.717, 1.165) is 58.7 Å². The summed E-state index contributed by atoms with van der Waals surface area (Å²) in [5.74, 6) is -0.869. The van der Waals surface area contributed by atoms with Crippen LogP contribution in [0, 0.1) is 11.8 Å². The van der Waals surface area contributed by atoms with Gasteiger partial charge >= 0.3 is 5.97 Å². The number of nitrogens with two attached hydrogens (primary N) is 1. The number of piperazine rings is 1. The van der Waals surface area contributed by atoms with Gasteiger partial charge in [0.25, 0.3) is 0 Å². The zero-order chi connectivity index (χ0) is 18.1. The van der Waals surface area contributed by atoms with E-state index in [0.29, 0.717) is 32.2 Å². The van der Waals surface area contributed by atoms with Crippen LogP contribution in [0.1, 0.15) is 38.5 Å². The van der Waals surface area contributed by atoms with E-state index in [1.54, 1.807) is 0 Å². The average Bonchev–Trinajstić information content (AvgIpc) is 2.64. The smallest absolute Gasteiger partial charge is 0.306 e. The van der Waals surface area contributed by atoms with Crippen molar-refractivity contribution in [2.24, 2.45) is 17.6 Å². The first-order valence-corrected chi connectivity index (χ1v) is 9.75. The molecule has 0 spiro atoms. The Morgan fingerprint density at radius 1 is 0.920 bits per heavy atom. The molecule has 2 aliphatic rings. The van der Waals surface area contributed by atoms with Crippen molar-refractivity contribution < 1.29 is 14.7 Å². The summed E-state index contributed by atoms with van der Waals surface area (Å²) < 4.78 is 0. The van der Waals surface area contributed by atoms with Gasteiger partial charge in [-0.25, -0.2) is 0 Å². The number of carbonyl (C=O) groups excluding carboxylic acids is 1. The van der Waals surface area contributed by atoms with Crippen LogP contribution in [0.15, 0.2) is 0 Å². The van der Waals surface area contributed by atoms with Gasteiger partial charge < -0.3 is 26.0 Å². The maximum atomic E-state index is 12.2. The summed E-state index contributed by atoms with van der Waals surface area (Å²) in [5.41, 5.74) is 5.55. The summed E-state index contributed by atoms with van der Waals surface area (Å²) in [6.45, 7) is 8.01. The first-order chi connectivity index (χ1) is 12.1. The fourth-order valence-corrected chi connectivity index (χ4v) is 3.81. The van der Waals surface area contributed by atoms with Crippen LogP contribution in [-0.2, 0) is 9.59 Å². The SMILES string of the molecule is NCCCN1CCN(CCCNC(=O)C2CCC(C(=O)O)CC2)CC1. The standard InChI is InChI=1S/C18H34N4O3/c19-7-1-9-21-11-13-22(14-12-21)10-2-8-20-17(23)15-3-5-16(6-4-15)18(24)25/h15-16H,1-14,19H2,(H,20,23)(H,24,25). The monoisotopic (exact) mass is 354 g/mol. The lowest BCUT2D eigenvalue weighted by molar-refractivity contribution is -0.144. The topological polar surface area (TPSA) is 98.9 Å². The van der Waals surface area contributed by atoms with Crippen molar-refractivity contribution in [2.45, 2.75) is 38.5 Å². The highest BCUT2D eigenvalue weighted by Gasteiger charge is 2.29. The van der Waals surface area contributed by atoms with Crippen LogP contribution in [0.5, 0.6) is 0 Å². The molecule has 0 atom stereocenters. The van der Waals surface area contributed by atoms with Gasteiger partial charge in [-0.05, 0) is 58.2 Å². The molecule has 0 bridgehead atoms. The van der Waals surface area contributed by atoms with Gasteiger partial charge in [0.05, 0.1) is 5.92 Å². The summed E-state index contributed by atoms with van der Waals surface area (Å²) in [7, 11) is 0. The molecule has 0 aromatic rings. The van der Waals surface area contributed by atoms with Crippen molar-refractivity contribution in [2.75, 3.05) is 52.4 Å². The van der Waals surface area contributed by atoms with Crippen LogP contribution in [0.25, 0.3) is 0 Å². The molecule has 1 amide bonds. The fourth-order valence-electron chi connectivity index (χ4n) is 3.81. The molecule has 1 heterocycles. The summed E-state index contributed by atoms with van der Waals surface area (Å²) >= 11 is 0. The van der Waals surface area contributed by atoms with Crippen molar-refractivity contribution >= 4 is 11.9 Å². The first-order valence-electron chi connectivity index (χ1n) is 9.75. The summed E-state index contributed by atoms with van der Waals surface area (Å²) in [5, 5.41) is 12.0. The van der Waals surface area contributed by atoms with E-state index in [9.17, 15) is 9.59 Å². The third kappa shape index (κ3) is 6.92. The second-order valence-corrected chi connectivity index (χ2v) is 7.36. The first kappa shape index (κ1) is 20.1. The van der Waals surface area contributed by atoms with Crippen LogP contribution >= 0.6 is 0 Å². The van der Waals surface area contributed by atoms with E-state index in [1.807, 2.05) is 0 Å². The molecule has 1 aliphatic heterocycles. The molecule has 1 saturated carbocycles. The molecular weight excluding hydrogens is 320 g/mol. The van der Waals surface area contributed by atoms with Crippen LogP contribution < -0.4 is 11.1 Å². The Kier molecular flexibility index (Phi) is 8.64. The average molecular weight is 354 g/mol. The highest BCUT2D eigenvalue weighted by atomic mass is 16.4. The van der Waals surface area contributed by atoms with Gasteiger partial charge in [-0.2, -0.15) is 0 Å². The zero-order valence-corrected chi connectivity index (χ0v) is 15.3. The van der Waals surface area contributed by atoms with E-state index < -0.39 is 5.97 Å². The van der Waals surface area contributed by atoms with Gasteiger partial charge in [-0.15, -0.1) is 0 Å². The number of carbonyl (C=O) groups is 2. The Labute approximate surface area is 150 Å². The minimum Gasteiger partial charge on any atom is -0.481 e. The van der Waals surface area contributed by atoms with E-state index in [-0.39, 0.29) is 17.7 Å².